The van der Waals surface area contributed by atoms with Crippen molar-refractivity contribution in [1.29, 1.82) is 0 Å². The fraction of sp³-hybridized carbons (Fsp3) is 0.556. The Hall–Kier alpha value is -1.32. The first-order chi connectivity index (χ1) is 5.99. The number of likely N-dealkylation sites (N-methyl/N-ethyl adjacent to an activating group) is 1. The molecular formula is C9H15NO3. The van der Waals surface area contributed by atoms with Gasteiger partial charge >= 0.3 is 5.97 Å². The van der Waals surface area contributed by atoms with Crippen molar-refractivity contribution in [2.45, 2.75) is 13.3 Å². The molecule has 0 atom stereocenters. The minimum absolute atomic E-state index is 0.231. The van der Waals surface area contributed by atoms with Gasteiger partial charge in [-0.05, 0) is 6.92 Å². The number of allylic oxidation sites excluding steroid dienone is 1. The summed E-state index contributed by atoms with van der Waals surface area (Å²) in [5.74, 6) is -0.807. The number of ether oxygens (including phenoxy) is 1. The Labute approximate surface area is 78.2 Å². The molecule has 4 nitrogen and oxygen atoms in total. The highest BCUT2D eigenvalue weighted by Gasteiger charge is 2.14. The van der Waals surface area contributed by atoms with Crippen molar-refractivity contribution in [3.8, 4) is 0 Å². The van der Waals surface area contributed by atoms with E-state index in [9.17, 15) is 9.59 Å². The molecule has 0 bridgehead atoms. The fourth-order valence-corrected chi connectivity index (χ4v) is 0.695. The smallest absolute Gasteiger partial charge is 0.313 e. The van der Waals surface area contributed by atoms with Gasteiger partial charge in [0.15, 0.2) is 5.78 Å². The average Bonchev–Trinajstić information content (AvgIpc) is 2.03. The molecule has 0 saturated carbocycles. The van der Waals surface area contributed by atoms with Crippen LogP contribution >= 0.6 is 0 Å². The van der Waals surface area contributed by atoms with Crippen LogP contribution in [0.3, 0.4) is 0 Å². The number of Topliss-reactive ketones (excluding diaryl/α,β-unsaturated/α-hetero) is 1. The van der Waals surface area contributed by atoms with Crippen molar-refractivity contribution in [3.63, 3.8) is 0 Å². The number of rotatable bonds is 5. The highest BCUT2D eigenvalue weighted by Crippen LogP contribution is 2.01. The lowest BCUT2D eigenvalue weighted by atomic mass is 10.2. The van der Waals surface area contributed by atoms with Crippen molar-refractivity contribution in [3.05, 3.63) is 12.3 Å². The zero-order chi connectivity index (χ0) is 10.4. The number of hydrogen-bond donors (Lipinski definition) is 0. The van der Waals surface area contributed by atoms with Crippen LogP contribution in [0.2, 0.25) is 0 Å². The Morgan fingerprint density at radius 2 is 1.92 bits per heavy atom. The number of ketones is 1. The predicted octanol–water partition coefficient (Wildman–Crippen LogP) is 0.584. The molecule has 0 saturated heterocycles. The second-order valence-corrected chi connectivity index (χ2v) is 2.75. The van der Waals surface area contributed by atoms with Crippen molar-refractivity contribution < 1.29 is 14.3 Å². The van der Waals surface area contributed by atoms with E-state index in [0.29, 0.717) is 12.3 Å². The summed E-state index contributed by atoms with van der Waals surface area (Å²) in [5, 5.41) is 0. The van der Waals surface area contributed by atoms with Crippen LogP contribution in [-0.4, -0.2) is 37.4 Å². The maximum atomic E-state index is 11.2. The van der Waals surface area contributed by atoms with Crippen LogP contribution in [0.1, 0.15) is 13.3 Å². The van der Waals surface area contributed by atoms with Crippen LogP contribution in [0, 0.1) is 0 Å². The Bertz CT molecular complexity index is 221. The zero-order valence-electron chi connectivity index (χ0n) is 8.29. The third-order valence-electron chi connectivity index (χ3n) is 1.47. The first kappa shape index (κ1) is 11.7. The van der Waals surface area contributed by atoms with E-state index >= 15 is 0 Å². The normalized spacial score (nSPS) is 9.15. The highest BCUT2D eigenvalue weighted by molar-refractivity contribution is 6.04. The van der Waals surface area contributed by atoms with Crippen molar-refractivity contribution >= 4 is 11.8 Å². The molecule has 0 aromatic carbocycles. The molecule has 0 radical (unpaired) electrons. The lowest BCUT2D eigenvalue weighted by Gasteiger charge is -2.13. The highest BCUT2D eigenvalue weighted by atomic mass is 16.5. The zero-order valence-corrected chi connectivity index (χ0v) is 8.29. The van der Waals surface area contributed by atoms with Gasteiger partial charge in [-0.2, -0.15) is 0 Å². The van der Waals surface area contributed by atoms with E-state index in [1.165, 1.54) is 0 Å². The predicted molar refractivity (Wildman–Crippen MR) is 49.1 cm³/mol. The fourth-order valence-electron chi connectivity index (χ4n) is 0.695. The van der Waals surface area contributed by atoms with Gasteiger partial charge in [-0.25, -0.2) is 0 Å². The molecule has 0 N–H and O–H groups in total. The molecule has 74 valence electrons. The second-order valence-electron chi connectivity index (χ2n) is 2.75. The lowest BCUT2D eigenvalue weighted by Crippen LogP contribution is -2.21. The van der Waals surface area contributed by atoms with E-state index in [4.69, 9.17) is 0 Å². The number of esters is 1. The third-order valence-corrected chi connectivity index (χ3v) is 1.47. The van der Waals surface area contributed by atoms with Crippen LogP contribution in [0.4, 0.5) is 0 Å². The molecule has 0 aliphatic rings. The van der Waals surface area contributed by atoms with E-state index < -0.39 is 5.97 Å². The maximum absolute atomic E-state index is 11.2. The molecule has 4 heteroatoms. The summed E-state index contributed by atoms with van der Waals surface area (Å²) in [6, 6.07) is 0. The first-order valence-corrected chi connectivity index (χ1v) is 4.04. The molecule has 0 aliphatic heterocycles. The van der Waals surface area contributed by atoms with Gasteiger partial charge in [-0.1, -0.05) is 6.58 Å². The van der Waals surface area contributed by atoms with Gasteiger partial charge in [0.25, 0.3) is 0 Å². The number of carbonyl (C=O) groups is 2. The summed E-state index contributed by atoms with van der Waals surface area (Å²) in [5.41, 5.74) is 0.313. The molecular weight excluding hydrogens is 170 g/mol. The molecule has 0 aliphatic carbocycles. The summed E-state index contributed by atoms with van der Waals surface area (Å²) in [6.45, 7) is 5.53. The molecule has 0 amide bonds. The second kappa shape index (κ2) is 5.35. The topological polar surface area (TPSA) is 46.6 Å². The molecule has 0 spiro atoms. The van der Waals surface area contributed by atoms with Gasteiger partial charge < -0.3 is 9.64 Å². The summed E-state index contributed by atoms with van der Waals surface area (Å²) >= 11 is 0. The van der Waals surface area contributed by atoms with Crippen LogP contribution in [0.25, 0.3) is 0 Å². The largest absolute Gasteiger partial charge is 0.466 e. The molecule has 0 fully saturated rings. The Morgan fingerprint density at radius 3 is 2.31 bits per heavy atom. The van der Waals surface area contributed by atoms with Crippen LogP contribution in [0.5, 0.6) is 0 Å². The summed E-state index contributed by atoms with van der Waals surface area (Å²) < 4.78 is 4.62. The number of nitrogens with zero attached hydrogens (tertiary/aromatic N) is 1. The minimum atomic E-state index is -0.504. The molecule has 13 heavy (non-hydrogen) atoms. The van der Waals surface area contributed by atoms with Crippen LogP contribution in [-0.2, 0) is 14.3 Å². The SMILES string of the molecule is C=C(C(=O)CC(=O)OCC)N(C)C. The lowest BCUT2D eigenvalue weighted by molar-refractivity contribution is -0.145. The average molecular weight is 185 g/mol. The van der Waals surface area contributed by atoms with E-state index in [1.54, 1.807) is 25.9 Å². The minimum Gasteiger partial charge on any atom is -0.466 e. The summed E-state index contributed by atoms with van der Waals surface area (Å²) in [4.78, 5) is 23.7. The van der Waals surface area contributed by atoms with Gasteiger partial charge in [-0.15, -0.1) is 0 Å². The van der Waals surface area contributed by atoms with Crippen molar-refractivity contribution in [2.24, 2.45) is 0 Å². The van der Waals surface area contributed by atoms with Crippen molar-refractivity contribution in [1.82, 2.24) is 4.90 Å². The monoisotopic (exact) mass is 185 g/mol. The molecule has 0 aromatic rings. The standard InChI is InChI=1S/C9H15NO3/c1-5-13-9(12)6-8(11)7(2)10(3)4/h2,5-6H2,1,3-4H3. The number of carbonyl (C=O) groups excluding carboxylic acids is 2. The molecule has 0 heterocycles. The van der Waals surface area contributed by atoms with Crippen LogP contribution in [0.15, 0.2) is 12.3 Å². The van der Waals surface area contributed by atoms with E-state index in [1.807, 2.05) is 0 Å². The maximum Gasteiger partial charge on any atom is 0.313 e. The Morgan fingerprint density at radius 1 is 1.38 bits per heavy atom. The van der Waals surface area contributed by atoms with Gasteiger partial charge in [0.05, 0.1) is 12.3 Å². The van der Waals surface area contributed by atoms with Gasteiger partial charge in [0.1, 0.15) is 6.42 Å². The molecule has 0 unspecified atom stereocenters. The van der Waals surface area contributed by atoms with E-state index in [-0.39, 0.29) is 12.2 Å². The quantitative estimate of drug-likeness (QED) is 0.357. The summed E-state index contributed by atoms with van der Waals surface area (Å²) in [6.07, 6.45) is -0.231. The molecule has 0 aromatic heterocycles. The number of hydrogen-bond acceptors (Lipinski definition) is 4. The third kappa shape index (κ3) is 4.30. The van der Waals surface area contributed by atoms with Gasteiger partial charge in [0, 0.05) is 14.1 Å². The molecule has 0 rings (SSSR count). The summed E-state index contributed by atoms with van der Waals surface area (Å²) in [7, 11) is 3.40. The Kier molecular flexibility index (Phi) is 4.80. The van der Waals surface area contributed by atoms with Gasteiger partial charge in [0.2, 0.25) is 0 Å². The van der Waals surface area contributed by atoms with E-state index in [2.05, 4.69) is 11.3 Å². The Balaban J connectivity index is 4.01. The van der Waals surface area contributed by atoms with E-state index in [0.717, 1.165) is 0 Å². The van der Waals surface area contributed by atoms with Crippen molar-refractivity contribution in [2.75, 3.05) is 20.7 Å². The van der Waals surface area contributed by atoms with Crippen LogP contribution < -0.4 is 0 Å². The first-order valence-electron chi connectivity index (χ1n) is 4.04. The van der Waals surface area contributed by atoms with Gasteiger partial charge in [-0.3, -0.25) is 9.59 Å².